The van der Waals surface area contributed by atoms with Crippen LogP contribution in [0, 0.1) is 11.7 Å². The molecule has 4 nitrogen and oxygen atoms in total. The van der Waals surface area contributed by atoms with Crippen molar-refractivity contribution in [1.29, 1.82) is 0 Å². The second-order valence-electron chi connectivity index (χ2n) is 6.33. The van der Waals surface area contributed by atoms with Gasteiger partial charge in [0.2, 0.25) is 5.91 Å². The van der Waals surface area contributed by atoms with Gasteiger partial charge < -0.3 is 15.0 Å². The van der Waals surface area contributed by atoms with E-state index in [0.29, 0.717) is 11.8 Å². The number of rotatable bonds is 4. The van der Waals surface area contributed by atoms with Crippen molar-refractivity contribution in [3.8, 4) is 0 Å². The molecule has 1 atom stereocenters. The van der Waals surface area contributed by atoms with Crippen LogP contribution in [0.25, 0.3) is 0 Å². The maximum atomic E-state index is 13.1. The van der Waals surface area contributed by atoms with E-state index in [0.717, 1.165) is 51.9 Å². The molecular formula is C17H22ClFN2O2. The first-order chi connectivity index (χ1) is 11.1. The van der Waals surface area contributed by atoms with Crippen molar-refractivity contribution in [2.45, 2.75) is 31.8 Å². The van der Waals surface area contributed by atoms with Gasteiger partial charge in [0.1, 0.15) is 5.82 Å². The van der Waals surface area contributed by atoms with E-state index in [1.165, 1.54) is 18.2 Å². The average Bonchev–Trinajstić information content (AvgIpc) is 3.04. The monoisotopic (exact) mass is 340 g/mol. The summed E-state index contributed by atoms with van der Waals surface area (Å²) in [7, 11) is 0. The molecule has 126 valence electrons. The number of benzene rings is 1. The number of amides is 1. The lowest BCUT2D eigenvalue weighted by molar-refractivity contribution is -0.121. The van der Waals surface area contributed by atoms with E-state index in [1.54, 1.807) is 0 Å². The SMILES string of the molecule is O=C(Nc1ccc(F)c(Cl)c1)C1CCN(CC2CCCO2)CC1. The molecule has 2 heterocycles. The molecule has 1 unspecified atom stereocenters. The third kappa shape index (κ3) is 4.43. The van der Waals surface area contributed by atoms with Gasteiger partial charge in [-0.2, -0.15) is 0 Å². The number of halogens is 2. The summed E-state index contributed by atoms with van der Waals surface area (Å²) in [4.78, 5) is 14.7. The molecule has 1 amide bonds. The van der Waals surface area contributed by atoms with Crippen LogP contribution in [0.5, 0.6) is 0 Å². The first-order valence-electron chi connectivity index (χ1n) is 8.21. The zero-order valence-corrected chi connectivity index (χ0v) is 13.8. The van der Waals surface area contributed by atoms with Crippen molar-refractivity contribution >= 4 is 23.2 Å². The van der Waals surface area contributed by atoms with Crippen molar-refractivity contribution in [2.75, 3.05) is 31.6 Å². The fourth-order valence-corrected chi connectivity index (χ4v) is 3.45. The van der Waals surface area contributed by atoms with E-state index >= 15 is 0 Å². The van der Waals surface area contributed by atoms with Gasteiger partial charge in [-0.15, -0.1) is 0 Å². The number of carbonyl (C=O) groups is 1. The number of likely N-dealkylation sites (tertiary alicyclic amines) is 1. The molecule has 1 N–H and O–H groups in total. The van der Waals surface area contributed by atoms with E-state index in [4.69, 9.17) is 16.3 Å². The molecular weight excluding hydrogens is 319 g/mol. The smallest absolute Gasteiger partial charge is 0.227 e. The fourth-order valence-electron chi connectivity index (χ4n) is 3.27. The minimum atomic E-state index is -0.480. The second-order valence-corrected chi connectivity index (χ2v) is 6.74. The molecule has 6 heteroatoms. The summed E-state index contributed by atoms with van der Waals surface area (Å²) >= 11 is 5.74. The topological polar surface area (TPSA) is 41.6 Å². The minimum absolute atomic E-state index is 0.000394. The van der Waals surface area contributed by atoms with Crippen molar-refractivity contribution in [1.82, 2.24) is 4.90 Å². The Morgan fingerprint density at radius 2 is 2.13 bits per heavy atom. The highest BCUT2D eigenvalue weighted by molar-refractivity contribution is 6.31. The van der Waals surface area contributed by atoms with E-state index in [2.05, 4.69) is 10.2 Å². The summed E-state index contributed by atoms with van der Waals surface area (Å²) in [5.41, 5.74) is 0.545. The van der Waals surface area contributed by atoms with Gasteiger partial charge in [-0.25, -0.2) is 4.39 Å². The number of ether oxygens (including phenoxy) is 1. The van der Waals surface area contributed by atoms with Gasteiger partial charge >= 0.3 is 0 Å². The molecule has 2 fully saturated rings. The molecule has 23 heavy (non-hydrogen) atoms. The van der Waals surface area contributed by atoms with Gasteiger partial charge in [0.25, 0.3) is 0 Å². The highest BCUT2D eigenvalue weighted by atomic mass is 35.5. The van der Waals surface area contributed by atoms with E-state index in [1.807, 2.05) is 0 Å². The van der Waals surface area contributed by atoms with Gasteiger partial charge in [0.05, 0.1) is 11.1 Å². The summed E-state index contributed by atoms with van der Waals surface area (Å²) in [6.45, 7) is 3.69. The number of carbonyl (C=O) groups excluding carboxylic acids is 1. The predicted octanol–water partition coefficient (Wildman–Crippen LogP) is 3.31. The van der Waals surface area contributed by atoms with Crippen molar-refractivity contribution < 1.29 is 13.9 Å². The van der Waals surface area contributed by atoms with Crippen LogP contribution >= 0.6 is 11.6 Å². The van der Waals surface area contributed by atoms with Crippen LogP contribution in [0.1, 0.15) is 25.7 Å². The highest BCUT2D eigenvalue weighted by Gasteiger charge is 2.27. The highest BCUT2D eigenvalue weighted by Crippen LogP contribution is 2.23. The Balaban J connectivity index is 1.46. The quantitative estimate of drug-likeness (QED) is 0.914. The lowest BCUT2D eigenvalue weighted by atomic mass is 9.95. The van der Waals surface area contributed by atoms with Crippen molar-refractivity contribution in [3.63, 3.8) is 0 Å². The van der Waals surface area contributed by atoms with Gasteiger partial charge in [0, 0.05) is 24.8 Å². The van der Waals surface area contributed by atoms with Crippen LogP contribution in [-0.4, -0.2) is 43.2 Å². The summed E-state index contributed by atoms with van der Waals surface area (Å²) < 4.78 is 18.8. The van der Waals surface area contributed by atoms with Crippen LogP contribution < -0.4 is 5.32 Å². The molecule has 2 aliphatic rings. The van der Waals surface area contributed by atoms with Gasteiger partial charge in [-0.1, -0.05) is 11.6 Å². The molecule has 0 aromatic heterocycles. The molecule has 0 saturated carbocycles. The zero-order valence-electron chi connectivity index (χ0n) is 13.1. The summed E-state index contributed by atoms with van der Waals surface area (Å²) in [6, 6.07) is 4.25. The number of hydrogen-bond donors (Lipinski definition) is 1. The van der Waals surface area contributed by atoms with Gasteiger partial charge in [-0.05, 0) is 57.0 Å². The van der Waals surface area contributed by atoms with Crippen LogP contribution in [0.4, 0.5) is 10.1 Å². The zero-order chi connectivity index (χ0) is 16.2. The Morgan fingerprint density at radius 1 is 1.35 bits per heavy atom. The summed E-state index contributed by atoms with van der Waals surface area (Å²) in [5.74, 6) is -0.490. The molecule has 2 saturated heterocycles. The van der Waals surface area contributed by atoms with Gasteiger partial charge in [0.15, 0.2) is 0 Å². The molecule has 0 radical (unpaired) electrons. The summed E-state index contributed by atoms with van der Waals surface area (Å²) in [5, 5.41) is 2.86. The summed E-state index contributed by atoms with van der Waals surface area (Å²) in [6.07, 6.45) is 4.35. The average molecular weight is 341 g/mol. The van der Waals surface area contributed by atoms with Crippen molar-refractivity contribution in [3.05, 3.63) is 29.0 Å². The maximum absolute atomic E-state index is 13.1. The third-order valence-electron chi connectivity index (χ3n) is 4.63. The van der Waals surface area contributed by atoms with E-state index in [-0.39, 0.29) is 16.8 Å². The molecule has 0 aliphatic carbocycles. The lowest BCUT2D eigenvalue weighted by Crippen LogP contribution is -2.41. The number of anilines is 1. The number of nitrogens with zero attached hydrogens (tertiary/aromatic N) is 1. The van der Waals surface area contributed by atoms with Crippen molar-refractivity contribution in [2.24, 2.45) is 5.92 Å². The maximum Gasteiger partial charge on any atom is 0.227 e. The predicted molar refractivity (Wildman–Crippen MR) is 88.2 cm³/mol. The fraction of sp³-hybridized carbons (Fsp3) is 0.588. The second kappa shape index (κ2) is 7.60. The van der Waals surface area contributed by atoms with Crippen LogP contribution in [0.15, 0.2) is 18.2 Å². The molecule has 2 aliphatic heterocycles. The molecule has 0 bridgehead atoms. The van der Waals surface area contributed by atoms with Crippen LogP contribution in [0.2, 0.25) is 5.02 Å². The van der Waals surface area contributed by atoms with E-state index in [9.17, 15) is 9.18 Å². The first-order valence-corrected chi connectivity index (χ1v) is 8.59. The lowest BCUT2D eigenvalue weighted by Gasteiger charge is -2.32. The first kappa shape index (κ1) is 16.7. The normalized spacial score (nSPS) is 23.1. The minimum Gasteiger partial charge on any atom is -0.377 e. The number of nitrogens with one attached hydrogen (secondary N) is 1. The Kier molecular flexibility index (Phi) is 5.51. The Morgan fingerprint density at radius 3 is 2.78 bits per heavy atom. The standard InChI is InChI=1S/C17H22ClFN2O2/c18-15-10-13(3-4-16(15)19)20-17(22)12-5-7-21(8-6-12)11-14-2-1-9-23-14/h3-4,10,12,14H,1-2,5-9,11H2,(H,20,22). The Hall–Kier alpha value is -1.17. The molecule has 3 rings (SSSR count). The molecule has 1 aromatic rings. The third-order valence-corrected chi connectivity index (χ3v) is 4.92. The van der Waals surface area contributed by atoms with Crippen LogP contribution in [0.3, 0.4) is 0 Å². The molecule has 0 spiro atoms. The molecule has 1 aromatic carbocycles. The van der Waals surface area contributed by atoms with E-state index < -0.39 is 5.82 Å². The van der Waals surface area contributed by atoms with Gasteiger partial charge in [-0.3, -0.25) is 4.79 Å². The number of hydrogen-bond acceptors (Lipinski definition) is 3. The number of piperidine rings is 1. The Labute approximate surface area is 140 Å². The Bertz CT molecular complexity index is 556. The largest absolute Gasteiger partial charge is 0.377 e. The van der Waals surface area contributed by atoms with Crippen LogP contribution in [-0.2, 0) is 9.53 Å².